The van der Waals surface area contributed by atoms with Crippen LogP contribution in [0.2, 0.25) is 0 Å². The Morgan fingerprint density at radius 2 is 2.22 bits per heavy atom. The Labute approximate surface area is 139 Å². The van der Waals surface area contributed by atoms with Crippen molar-refractivity contribution in [2.45, 2.75) is 19.4 Å². The molecule has 1 amide bonds. The molecule has 2 heterocycles. The van der Waals surface area contributed by atoms with Gasteiger partial charge in [-0.1, -0.05) is 0 Å². The molecule has 5 nitrogen and oxygen atoms in total. The lowest BCUT2D eigenvalue weighted by Crippen LogP contribution is -2.29. The molecule has 0 fully saturated rings. The maximum Gasteiger partial charge on any atom is 0.255 e. The number of nitrogens with zero attached hydrogens (tertiary/aromatic N) is 4. The standard InChI is InChI=1S/C17H18N4OS/c1-11-10-23-16(19-11)6-7-21-15(9-18)14-8-12(20(2)3)4-5-13(14)17(21)22/h4-5,8,10,15H,6-7H2,1-3H3. The molecule has 1 aromatic carbocycles. The molecule has 0 saturated heterocycles. The van der Waals surface area contributed by atoms with Gasteiger partial charge in [0.2, 0.25) is 0 Å². The highest BCUT2D eigenvalue weighted by Crippen LogP contribution is 2.35. The van der Waals surface area contributed by atoms with E-state index in [9.17, 15) is 10.1 Å². The number of nitriles is 1. The third kappa shape index (κ3) is 2.80. The highest BCUT2D eigenvalue weighted by atomic mass is 32.1. The number of thiazole rings is 1. The van der Waals surface area contributed by atoms with Crippen molar-refractivity contribution in [1.82, 2.24) is 9.88 Å². The molecule has 1 aromatic heterocycles. The van der Waals surface area contributed by atoms with E-state index in [1.165, 1.54) is 0 Å². The van der Waals surface area contributed by atoms with Crippen molar-refractivity contribution in [3.05, 3.63) is 45.4 Å². The minimum atomic E-state index is -0.515. The third-order valence-corrected chi connectivity index (χ3v) is 5.03. The van der Waals surface area contributed by atoms with Gasteiger partial charge < -0.3 is 9.80 Å². The summed E-state index contributed by atoms with van der Waals surface area (Å²) in [5.74, 6) is -0.0647. The number of fused-ring (bicyclic) bond motifs is 1. The van der Waals surface area contributed by atoms with E-state index in [0.29, 0.717) is 18.5 Å². The molecular weight excluding hydrogens is 308 g/mol. The van der Waals surface area contributed by atoms with Gasteiger partial charge in [0.25, 0.3) is 5.91 Å². The van der Waals surface area contributed by atoms with Gasteiger partial charge in [0.1, 0.15) is 6.04 Å². The molecule has 6 heteroatoms. The van der Waals surface area contributed by atoms with E-state index in [1.54, 1.807) is 16.2 Å². The van der Waals surface area contributed by atoms with E-state index in [-0.39, 0.29) is 5.91 Å². The molecule has 118 valence electrons. The van der Waals surface area contributed by atoms with E-state index >= 15 is 0 Å². The van der Waals surface area contributed by atoms with E-state index in [4.69, 9.17) is 0 Å². The summed E-state index contributed by atoms with van der Waals surface area (Å²) in [5.41, 5.74) is 3.43. The van der Waals surface area contributed by atoms with Crippen molar-refractivity contribution in [3.63, 3.8) is 0 Å². The zero-order chi connectivity index (χ0) is 16.6. The summed E-state index contributed by atoms with van der Waals surface area (Å²) in [7, 11) is 3.89. The van der Waals surface area contributed by atoms with Crippen molar-refractivity contribution in [2.75, 3.05) is 25.5 Å². The van der Waals surface area contributed by atoms with Crippen molar-refractivity contribution in [3.8, 4) is 6.07 Å². The van der Waals surface area contributed by atoms with E-state index in [1.807, 2.05) is 49.5 Å². The summed E-state index contributed by atoms with van der Waals surface area (Å²) in [5, 5.41) is 12.6. The summed E-state index contributed by atoms with van der Waals surface area (Å²) in [6.45, 7) is 2.47. The minimum Gasteiger partial charge on any atom is -0.378 e. The number of hydrogen-bond acceptors (Lipinski definition) is 5. The highest BCUT2D eigenvalue weighted by molar-refractivity contribution is 7.09. The van der Waals surface area contributed by atoms with Gasteiger partial charge in [0, 0.05) is 54.9 Å². The molecule has 23 heavy (non-hydrogen) atoms. The van der Waals surface area contributed by atoms with Crippen LogP contribution in [0.4, 0.5) is 5.69 Å². The number of carbonyl (C=O) groups excluding carboxylic acids is 1. The van der Waals surface area contributed by atoms with Crippen LogP contribution in [0.15, 0.2) is 23.6 Å². The second-order valence-electron chi connectivity index (χ2n) is 5.83. The first-order chi connectivity index (χ1) is 11.0. The average Bonchev–Trinajstić information content (AvgIpc) is 3.06. The summed E-state index contributed by atoms with van der Waals surface area (Å²) in [6.07, 6.45) is 0.678. The van der Waals surface area contributed by atoms with Crippen LogP contribution in [0, 0.1) is 18.3 Å². The fraction of sp³-hybridized carbons (Fsp3) is 0.353. The Morgan fingerprint density at radius 3 is 2.83 bits per heavy atom. The largest absolute Gasteiger partial charge is 0.378 e. The van der Waals surface area contributed by atoms with Crippen LogP contribution < -0.4 is 4.90 Å². The number of carbonyl (C=O) groups is 1. The van der Waals surface area contributed by atoms with Crippen molar-refractivity contribution < 1.29 is 4.79 Å². The predicted molar refractivity (Wildman–Crippen MR) is 90.7 cm³/mol. The van der Waals surface area contributed by atoms with Crippen LogP contribution >= 0.6 is 11.3 Å². The Morgan fingerprint density at radius 1 is 1.43 bits per heavy atom. The van der Waals surface area contributed by atoms with Crippen LogP contribution in [0.3, 0.4) is 0 Å². The van der Waals surface area contributed by atoms with Gasteiger partial charge >= 0.3 is 0 Å². The Kier molecular flexibility index (Phi) is 4.05. The summed E-state index contributed by atoms with van der Waals surface area (Å²) < 4.78 is 0. The fourth-order valence-corrected chi connectivity index (χ4v) is 3.56. The maximum atomic E-state index is 12.6. The number of benzene rings is 1. The molecule has 0 saturated carbocycles. The van der Waals surface area contributed by atoms with E-state index in [0.717, 1.165) is 22.0 Å². The molecule has 0 radical (unpaired) electrons. The predicted octanol–water partition coefficient (Wildman–Crippen LogP) is 2.78. The molecule has 0 bridgehead atoms. The number of aromatic nitrogens is 1. The van der Waals surface area contributed by atoms with Gasteiger partial charge in [-0.05, 0) is 25.1 Å². The van der Waals surface area contributed by atoms with Crippen molar-refractivity contribution in [2.24, 2.45) is 0 Å². The summed E-state index contributed by atoms with van der Waals surface area (Å²) >= 11 is 1.59. The molecule has 1 aliphatic heterocycles. The lowest BCUT2D eigenvalue weighted by molar-refractivity contribution is 0.0759. The van der Waals surface area contributed by atoms with Gasteiger partial charge in [-0.2, -0.15) is 5.26 Å². The van der Waals surface area contributed by atoms with Gasteiger partial charge in [0.05, 0.1) is 11.1 Å². The smallest absolute Gasteiger partial charge is 0.255 e. The molecule has 2 aromatic rings. The zero-order valence-electron chi connectivity index (χ0n) is 13.4. The summed E-state index contributed by atoms with van der Waals surface area (Å²) in [6, 6.07) is 7.44. The second kappa shape index (κ2) is 6.01. The van der Waals surface area contributed by atoms with Gasteiger partial charge in [0.15, 0.2) is 0 Å². The first-order valence-corrected chi connectivity index (χ1v) is 8.32. The Bertz CT molecular complexity index is 790. The Balaban J connectivity index is 1.85. The molecule has 3 rings (SSSR count). The molecule has 1 atom stereocenters. The molecular formula is C17H18N4OS. The van der Waals surface area contributed by atoms with Gasteiger partial charge in [-0.3, -0.25) is 4.79 Å². The first kappa shape index (κ1) is 15.5. The van der Waals surface area contributed by atoms with Crippen LogP contribution in [0.25, 0.3) is 0 Å². The molecule has 0 spiro atoms. The van der Waals surface area contributed by atoms with Crippen LogP contribution in [0.1, 0.15) is 32.7 Å². The SMILES string of the molecule is Cc1csc(CCN2C(=O)c3ccc(N(C)C)cc3C2C#N)n1. The zero-order valence-corrected chi connectivity index (χ0v) is 14.2. The van der Waals surface area contributed by atoms with Crippen molar-refractivity contribution in [1.29, 1.82) is 5.26 Å². The normalized spacial score (nSPS) is 16.3. The second-order valence-corrected chi connectivity index (χ2v) is 6.77. The number of rotatable bonds is 4. The Hall–Kier alpha value is -2.39. The first-order valence-electron chi connectivity index (χ1n) is 7.44. The monoisotopic (exact) mass is 326 g/mol. The summed E-state index contributed by atoms with van der Waals surface area (Å²) in [4.78, 5) is 20.7. The lowest BCUT2D eigenvalue weighted by Gasteiger charge is -2.19. The van der Waals surface area contributed by atoms with Crippen LogP contribution in [0.5, 0.6) is 0 Å². The number of aryl methyl sites for hydroxylation is 1. The van der Waals surface area contributed by atoms with E-state index < -0.39 is 6.04 Å². The highest BCUT2D eigenvalue weighted by Gasteiger charge is 2.36. The lowest BCUT2D eigenvalue weighted by atomic mass is 10.0. The van der Waals surface area contributed by atoms with Gasteiger partial charge in [-0.25, -0.2) is 4.98 Å². The number of hydrogen-bond donors (Lipinski definition) is 0. The average molecular weight is 326 g/mol. The number of anilines is 1. The number of amides is 1. The molecule has 0 aliphatic carbocycles. The fourth-order valence-electron chi connectivity index (χ4n) is 2.79. The van der Waals surface area contributed by atoms with Crippen molar-refractivity contribution >= 4 is 22.9 Å². The third-order valence-electron chi connectivity index (χ3n) is 4.00. The van der Waals surface area contributed by atoms with Gasteiger partial charge in [-0.15, -0.1) is 11.3 Å². The minimum absolute atomic E-state index is 0.0647. The van der Waals surface area contributed by atoms with Crippen LogP contribution in [-0.4, -0.2) is 36.4 Å². The van der Waals surface area contributed by atoms with Crippen LogP contribution in [-0.2, 0) is 6.42 Å². The molecule has 0 N–H and O–H groups in total. The molecule has 1 aliphatic rings. The molecule has 1 unspecified atom stereocenters. The van der Waals surface area contributed by atoms with E-state index in [2.05, 4.69) is 11.1 Å². The maximum absolute atomic E-state index is 12.6. The topological polar surface area (TPSA) is 60.2 Å². The quantitative estimate of drug-likeness (QED) is 0.867.